The van der Waals surface area contributed by atoms with Crippen LogP contribution in [0.2, 0.25) is 0 Å². The van der Waals surface area contributed by atoms with Crippen LogP contribution in [0.25, 0.3) is 0 Å². The molecule has 1 aromatic heterocycles. The molecule has 27 heavy (non-hydrogen) atoms. The molecule has 2 aromatic rings. The highest BCUT2D eigenvalue weighted by atomic mass is 19.1. The second-order valence-corrected chi connectivity index (χ2v) is 7.92. The molecule has 2 saturated carbocycles. The first-order valence-electron chi connectivity index (χ1n) is 10.2. The van der Waals surface area contributed by atoms with E-state index in [-0.39, 0.29) is 17.6 Å². The summed E-state index contributed by atoms with van der Waals surface area (Å²) in [5.41, 5.74) is 2.46. The third-order valence-electron chi connectivity index (χ3n) is 6.11. The number of carbonyl (C=O) groups excluding carboxylic acids is 1. The minimum Gasteiger partial charge on any atom is -0.303 e. The number of aromatic nitrogens is 1. The van der Waals surface area contributed by atoms with Crippen LogP contribution < -0.4 is 4.90 Å². The largest absolute Gasteiger partial charge is 0.303 e. The maximum Gasteiger partial charge on any atom is 0.230 e. The summed E-state index contributed by atoms with van der Waals surface area (Å²) in [6, 6.07) is 10.7. The Morgan fingerprint density at radius 2 is 1.78 bits per heavy atom. The third-order valence-corrected chi connectivity index (χ3v) is 6.11. The van der Waals surface area contributed by atoms with Gasteiger partial charge in [-0.1, -0.05) is 43.9 Å². The Kier molecular flexibility index (Phi) is 5.51. The fourth-order valence-electron chi connectivity index (χ4n) is 4.20. The van der Waals surface area contributed by atoms with Gasteiger partial charge in [0.25, 0.3) is 0 Å². The number of pyridine rings is 1. The van der Waals surface area contributed by atoms with Crippen LogP contribution in [0.1, 0.15) is 68.5 Å². The average Bonchev–Trinajstić information content (AvgIpc) is 2.66. The van der Waals surface area contributed by atoms with Crippen molar-refractivity contribution in [1.29, 1.82) is 0 Å². The lowest BCUT2D eigenvalue weighted by atomic mass is 9.84. The van der Waals surface area contributed by atoms with Gasteiger partial charge in [-0.2, -0.15) is 0 Å². The number of nitrogens with zero attached hydrogens (tertiary/aromatic N) is 2. The van der Waals surface area contributed by atoms with E-state index < -0.39 is 0 Å². The van der Waals surface area contributed by atoms with E-state index >= 15 is 0 Å². The van der Waals surface area contributed by atoms with Gasteiger partial charge in [0.15, 0.2) is 0 Å². The molecule has 142 valence electrons. The monoisotopic (exact) mass is 366 g/mol. The van der Waals surface area contributed by atoms with Crippen molar-refractivity contribution < 1.29 is 9.18 Å². The van der Waals surface area contributed by atoms with E-state index in [1.54, 1.807) is 23.1 Å². The van der Waals surface area contributed by atoms with Crippen LogP contribution in [-0.2, 0) is 11.3 Å². The number of halogens is 1. The average molecular weight is 366 g/mol. The highest BCUT2D eigenvalue weighted by molar-refractivity contribution is 5.95. The van der Waals surface area contributed by atoms with Gasteiger partial charge in [0.05, 0.1) is 17.9 Å². The van der Waals surface area contributed by atoms with Crippen molar-refractivity contribution in [2.24, 2.45) is 5.92 Å². The van der Waals surface area contributed by atoms with Crippen LogP contribution in [0, 0.1) is 11.7 Å². The first-order valence-corrected chi connectivity index (χ1v) is 10.2. The summed E-state index contributed by atoms with van der Waals surface area (Å²) < 4.78 is 14.4. The summed E-state index contributed by atoms with van der Waals surface area (Å²) in [7, 11) is 0. The van der Waals surface area contributed by atoms with Gasteiger partial charge in [-0.05, 0) is 55.4 Å². The van der Waals surface area contributed by atoms with E-state index in [1.807, 2.05) is 12.3 Å². The van der Waals surface area contributed by atoms with Gasteiger partial charge in [-0.25, -0.2) is 4.39 Å². The van der Waals surface area contributed by atoms with E-state index in [1.165, 1.54) is 43.7 Å². The number of para-hydroxylation sites is 1. The zero-order chi connectivity index (χ0) is 18.6. The van der Waals surface area contributed by atoms with Gasteiger partial charge in [0.2, 0.25) is 5.91 Å². The zero-order valence-electron chi connectivity index (χ0n) is 15.7. The summed E-state index contributed by atoms with van der Waals surface area (Å²) in [6.45, 7) is 0.321. The minimum atomic E-state index is -0.357. The van der Waals surface area contributed by atoms with E-state index in [0.717, 1.165) is 25.0 Å². The Labute approximate surface area is 160 Å². The number of amides is 1. The summed E-state index contributed by atoms with van der Waals surface area (Å²) >= 11 is 0. The molecule has 4 heteroatoms. The molecule has 3 nitrogen and oxygen atoms in total. The molecule has 0 aliphatic heterocycles. The van der Waals surface area contributed by atoms with Gasteiger partial charge in [0.1, 0.15) is 5.82 Å². The molecule has 0 radical (unpaired) electrons. The van der Waals surface area contributed by atoms with Crippen LogP contribution >= 0.6 is 0 Å². The summed E-state index contributed by atoms with van der Waals surface area (Å²) in [4.78, 5) is 19.1. The van der Waals surface area contributed by atoms with Crippen LogP contribution in [0.4, 0.5) is 10.1 Å². The van der Waals surface area contributed by atoms with Gasteiger partial charge < -0.3 is 4.90 Å². The van der Waals surface area contributed by atoms with Crippen molar-refractivity contribution in [1.82, 2.24) is 4.98 Å². The van der Waals surface area contributed by atoms with Crippen LogP contribution in [0.5, 0.6) is 0 Å². The molecule has 2 fully saturated rings. The third kappa shape index (κ3) is 4.05. The van der Waals surface area contributed by atoms with E-state index in [0.29, 0.717) is 18.2 Å². The minimum absolute atomic E-state index is 0.0181. The molecule has 0 N–H and O–H groups in total. The second kappa shape index (κ2) is 8.20. The van der Waals surface area contributed by atoms with Gasteiger partial charge in [0, 0.05) is 12.1 Å². The van der Waals surface area contributed by atoms with E-state index in [9.17, 15) is 9.18 Å². The summed E-state index contributed by atoms with van der Waals surface area (Å²) in [6.07, 6.45) is 11.2. The Bertz CT molecular complexity index is 779. The van der Waals surface area contributed by atoms with Gasteiger partial charge in [-0.15, -0.1) is 0 Å². The number of hydrogen-bond acceptors (Lipinski definition) is 2. The standard InChI is InChI=1S/C23H27FN2O/c24-21-11-4-5-12-22(21)26(23(27)18-9-6-10-18)16-20-14-13-19(15-25-20)17-7-2-1-3-8-17/h4-5,11-15,17-18H,1-3,6-10,16H2. The van der Waals surface area contributed by atoms with Crippen LogP contribution in [0.15, 0.2) is 42.6 Å². The molecule has 0 bridgehead atoms. The Balaban J connectivity index is 1.54. The van der Waals surface area contributed by atoms with Crippen molar-refractivity contribution >= 4 is 11.6 Å². The van der Waals surface area contributed by atoms with Gasteiger partial charge in [-0.3, -0.25) is 9.78 Å². The van der Waals surface area contributed by atoms with Crippen molar-refractivity contribution in [3.05, 3.63) is 59.7 Å². The summed E-state index contributed by atoms with van der Waals surface area (Å²) in [5.74, 6) is 0.291. The molecule has 1 aromatic carbocycles. The second-order valence-electron chi connectivity index (χ2n) is 7.92. The first-order chi connectivity index (χ1) is 13.2. The van der Waals surface area contributed by atoms with Crippen molar-refractivity contribution in [2.45, 2.75) is 63.8 Å². The highest BCUT2D eigenvalue weighted by Gasteiger charge is 2.31. The number of anilines is 1. The molecule has 0 unspecified atom stereocenters. The molecule has 1 heterocycles. The van der Waals surface area contributed by atoms with Crippen molar-refractivity contribution in [3.63, 3.8) is 0 Å². The SMILES string of the molecule is O=C(C1CCC1)N(Cc1ccc(C2CCCCC2)cn1)c1ccccc1F. The number of benzene rings is 1. The number of hydrogen-bond donors (Lipinski definition) is 0. The number of rotatable bonds is 5. The molecule has 0 atom stereocenters. The predicted octanol–water partition coefficient (Wildman–Crippen LogP) is 5.60. The van der Waals surface area contributed by atoms with E-state index in [4.69, 9.17) is 0 Å². The Hall–Kier alpha value is -2.23. The molecule has 4 rings (SSSR count). The van der Waals surface area contributed by atoms with Crippen LogP contribution in [0.3, 0.4) is 0 Å². The lowest BCUT2D eigenvalue weighted by Gasteiger charge is -2.32. The van der Waals surface area contributed by atoms with Crippen LogP contribution in [-0.4, -0.2) is 10.9 Å². The lowest BCUT2D eigenvalue weighted by molar-refractivity contribution is -0.124. The smallest absolute Gasteiger partial charge is 0.230 e. The zero-order valence-corrected chi connectivity index (χ0v) is 15.7. The molecular formula is C23H27FN2O. The highest BCUT2D eigenvalue weighted by Crippen LogP contribution is 2.33. The van der Waals surface area contributed by atoms with Crippen molar-refractivity contribution in [2.75, 3.05) is 4.90 Å². The molecule has 0 spiro atoms. The molecule has 2 aliphatic carbocycles. The maximum atomic E-state index is 14.4. The molecule has 1 amide bonds. The predicted molar refractivity (Wildman–Crippen MR) is 105 cm³/mol. The topological polar surface area (TPSA) is 33.2 Å². The van der Waals surface area contributed by atoms with Crippen molar-refractivity contribution in [3.8, 4) is 0 Å². The first kappa shape index (κ1) is 18.1. The molecular weight excluding hydrogens is 339 g/mol. The lowest BCUT2D eigenvalue weighted by Crippen LogP contribution is -2.39. The fraction of sp³-hybridized carbons (Fsp3) is 0.478. The molecule has 2 aliphatic rings. The normalized spacial score (nSPS) is 18.1. The number of carbonyl (C=O) groups is 1. The van der Waals surface area contributed by atoms with Gasteiger partial charge >= 0.3 is 0 Å². The fourth-order valence-corrected chi connectivity index (χ4v) is 4.20. The maximum absolute atomic E-state index is 14.4. The molecule has 0 saturated heterocycles. The Morgan fingerprint density at radius 3 is 2.41 bits per heavy atom. The summed E-state index contributed by atoms with van der Waals surface area (Å²) in [5, 5.41) is 0. The Morgan fingerprint density at radius 1 is 1.00 bits per heavy atom. The van der Waals surface area contributed by atoms with E-state index in [2.05, 4.69) is 11.1 Å². The quantitative estimate of drug-likeness (QED) is 0.690.